The van der Waals surface area contributed by atoms with Gasteiger partial charge >= 0.3 is 0 Å². The van der Waals surface area contributed by atoms with Gasteiger partial charge in [-0.2, -0.15) is 0 Å². The maximum Gasteiger partial charge on any atom is 0.295 e. The van der Waals surface area contributed by atoms with Crippen molar-refractivity contribution in [3.8, 4) is 5.75 Å². The van der Waals surface area contributed by atoms with Crippen LogP contribution in [0.2, 0.25) is 5.02 Å². The van der Waals surface area contributed by atoms with Gasteiger partial charge in [-0.15, -0.1) is 0 Å². The monoisotopic (exact) mass is 438 g/mol. The maximum atomic E-state index is 13.1. The first-order valence-electron chi connectivity index (χ1n) is 10.0. The Morgan fingerprint density at radius 2 is 1.94 bits per heavy atom. The molecule has 1 unspecified atom stereocenters. The smallest absolute Gasteiger partial charge is 0.295 e. The molecule has 1 amide bonds. The summed E-state index contributed by atoms with van der Waals surface area (Å²) in [5.74, 6) is -1.17. The molecule has 31 heavy (non-hydrogen) atoms. The Hall–Kier alpha value is -3.25. The minimum atomic E-state index is -0.720. The van der Waals surface area contributed by atoms with Crippen LogP contribution in [0, 0.1) is 0 Å². The number of carbonyl (C=O) groups is 2. The lowest BCUT2D eigenvalue weighted by Gasteiger charge is -2.24. The van der Waals surface area contributed by atoms with E-state index in [9.17, 15) is 14.7 Å². The second-order valence-corrected chi connectivity index (χ2v) is 7.96. The van der Waals surface area contributed by atoms with Gasteiger partial charge in [0.05, 0.1) is 23.7 Å². The van der Waals surface area contributed by atoms with Crippen LogP contribution in [0.4, 0.5) is 0 Å². The number of benzene rings is 2. The largest absolute Gasteiger partial charge is 0.507 e. The molecule has 2 heterocycles. The molecular formula is C24H23ClN2O4. The number of aromatic nitrogens is 1. The third-order valence-corrected chi connectivity index (χ3v) is 5.99. The van der Waals surface area contributed by atoms with Gasteiger partial charge in [0.25, 0.3) is 11.7 Å². The zero-order chi connectivity index (χ0) is 22.3. The van der Waals surface area contributed by atoms with Crippen LogP contribution in [0.15, 0.2) is 54.2 Å². The molecule has 7 heteroatoms. The van der Waals surface area contributed by atoms with E-state index in [2.05, 4.69) is 0 Å². The number of aliphatic hydroxyl groups excluding tert-OH is 1. The number of rotatable bonds is 5. The van der Waals surface area contributed by atoms with E-state index in [0.717, 1.165) is 16.5 Å². The average Bonchev–Trinajstić information content (AvgIpc) is 3.23. The minimum absolute atomic E-state index is 0.0324. The topological polar surface area (TPSA) is 71.8 Å². The van der Waals surface area contributed by atoms with Crippen molar-refractivity contribution in [3.63, 3.8) is 0 Å². The summed E-state index contributed by atoms with van der Waals surface area (Å²) in [6, 6.07) is 11.9. The van der Waals surface area contributed by atoms with Crippen LogP contribution in [0.5, 0.6) is 5.75 Å². The fraction of sp³-hybridized carbons (Fsp3) is 0.250. The number of methoxy groups -OCH3 is 1. The normalized spacial score (nSPS) is 18.2. The number of halogens is 1. The Bertz CT molecular complexity index is 1230. The second-order valence-electron chi connectivity index (χ2n) is 7.55. The molecule has 160 valence electrons. The Morgan fingerprint density at radius 3 is 2.65 bits per heavy atom. The molecule has 1 aromatic heterocycles. The number of carbonyl (C=O) groups excluding carboxylic acids is 2. The molecule has 0 bridgehead atoms. The van der Waals surface area contributed by atoms with Gasteiger partial charge in [0, 0.05) is 41.8 Å². The Morgan fingerprint density at radius 1 is 1.19 bits per heavy atom. The Kier molecular flexibility index (Phi) is 5.50. The zero-order valence-corrected chi connectivity index (χ0v) is 18.3. The van der Waals surface area contributed by atoms with Crippen LogP contribution in [0.1, 0.15) is 30.5 Å². The first-order chi connectivity index (χ1) is 14.9. The third-order valence-electron chi connectivity index (χ3n) is 5.66. The number of nitrogens with zero attached hydrogens (tertiary/aromatic N) is 2. The number of likely N-dealkylation sites (tertiary alicyclic amines) is 1. The average molecular weight is 439 g/mol. The van der Waals surface area contributed by atoms with Crippen molar-refractivity contribution in [1.29, 1.82) is 0 Å². The van der Waals surface area contributed by atoms with Gasteiger partial charge < -0.3 is 19.3 Å². The van der Waals surface area contributed by atoms with Crippen LogP contribution in [-0.2, 0) is 16.6 Å². The van der Waals surface area contributed by atoms with E-state index in [1.165, 1.54) is 12.0 Å². The molecule has 0 spiro atoms. The number of ketones is 1. The van der Waals surface area contributed by atoms with Crippen molar-refractivity contribution in [2.24, 2.45) is 7.05 Å². The molecule has 0 saturated carbocycles. The summed E-state index contributed by atoms with van der Waals surface area (Å²) in [7, 11) is 3.42. The molecule has 1 aliphatic rings. The summed E-state index contributed by atoms with van der Waals surface area (Å²) in [5, 5.41) is 12.4. The number of hydrogen-bond donors (Lipinski definition) is 1. The van der Waals surface area contributed by atoms with Gasteiger partial charge in [-0.05, 0) is 30.7 Å². The Labute approximate surface area is 185 Å². The highest BCUT2D eigenvalue weighted by Crippen LogP contribution is 2.43. The lowest BCUT2D eigenvalue weighted by atomic mass is 9.95. The van der Waals surface area contributed by atoms with E-state index >= 15 is 0 Å². The predicted molar refractivity (Wildman–Crippen MR) is 120 cm³/mol. The van der Waals surface area contributed by atoms with Crippen molar-refractivity contribution in [2.75, 3.05) is 13.7 Å². The Balaban J connectivity index is 2.00. The summed E-state index contributed by atoms with van der Waals surface area (Å²) in [5.41, 5.74) is 2.04. The van der Waals surface area contributed by atoms with Crippen molar-refractivity contribution in [2.45, 2.75) is 19.4 Å². The maximum absolute atomic E-state index is 13.1. The van der Waals surface area contributed by atoms with E-state index in [1.807, 2.05) is 49.0 Å². The van der Waals surface area contributed by atoms with Crippen LogP contribution < -0.4 is 4.74 Å². The predicted octanol–water partition coefficient (Wildman–Crippen LogP) is 4.67. The van der Waals surface area contributed by atoms with Gasteiger partial charge in [-0.1, -0.05) is 36.7 Å². The number of fused-ring (bicyclic) bond motifs is 1. The molecule has 1 atom stereocenters. The van der Waals surface area contributed by atoms with Crippen molar-refractivity contribution in [3.05, 3.63) is 70.4 Å². The van der Waals surface area contributed by atoms with Crippen LogP contribution in [-0.4, -0.2) is 39.9 Å². The number of para-hydroxylation sites is 1. The second kappa shape index (κ2) is 8.12. The molecule has 3 aromatic rings. The first-order valence-corrected chi connectivity index (χ1v) is 10.4. The van der Waals surface area contributed by atoms with E-state index in [0.29, 0.717) is 18.7 Å². The first kappa shape index (κ1) is 21.0. The van der Waals surface area contributed by atoms with E-state index in [4.69, 9.17) is 16.3 Å². The van der Waals surface area contributed by atoms with Crippen LogP contribution in [0.3, 0.4) is 0 Å². The van der Waals surface area contributed by atoms with Crippen LogP contribution >= 0.6 is 11.6 Å². The van der Waals surface area contributed by atoms with Gasteiger partial charge in [-0.3, -0.25) is 9.59 Å². The molecule has 4 rings (SSSR count). The summed E-state index contributed by atoms with van der Waals surface area (Å²) in [6.45, 7) is 2.33. The minimum Gasteiger partial charge on any atom is -0.507 e. The highest BCUT2D eigenvalue weighted by Gasteiger charge is 2.46. The summed E-state index contributed by atoms with van der Waals surface area (Å²) in [4.78, 5) is 27.6. The lowest BCUT2D eigenvalue weighted by Crippen LogP contribution is -2.30. The number of hydrogen-bond acceptors (Lipinski definition) is 4. The van der Waals surface area contributed by atoms with Gasteiger partial charge in [0.2, 0.25) is 0 Å². The molecule has 0 aliphatic carbocycles. The van der Waals surface area contributed by atoms with E-state index in [1.54, 1.807) is 18.2 Å². The molecular weight excluding hydrogens is 416 g/mol. The fourth-order valence-corrected chi connectivity index (χ4v) is 4.43. The van der Waals surface area contributed by atoms with Gasteiger partial charge in [0.15, 0.2) is 0 Å². The molecule has 6 nitrogen and oxygen atoms in total. The SMILES string of the molecule is CCCN1C(=O)C(=O)/C(=C(/O)c2cc(OC)ccc2Cl)C1c1cn(C)c2ccccc12. The number of Topliss-reactive ketones (excluding diaryl/α,β-unsaturated/α-hetero) is 1. The number of aryl methyl sites for hydroxylation is 1. The van der Waals surface area contributed by atoms with Crippen molar-refractivity contribution < 1.29 is 19.4 Å². The molecule has 1 fully saturated rings. The van der Waals surface area contributed by atoms with Crippen molar-refractivity contribution >= 4 is 40.0 Å². The zero-order valence-electron chi connectivity index (χ0n) is 17.6. The highest BCUT2D eigenvalue weighted by atomic mass is 35.5. The summed E-state index contributed by atoms with van der Waals surface area (Å²) in [6.07, 6.45) is 2.58. The summed E-state index contributed by atoms with van der Waals surface area (Å²) < 4.78 is 7.20. The number of aliphatic hydroxyl groups is 1. The third kappa shape index (κ3) is 3.37. The number of amides is 1. The van der Waals surface area contributed by atoms with Crippen molar-refractivity contribution in [1.82, 2.24) is 9.47 Å². The quantitative estimate of drug-likeness (QED) is 0.357. The molecule has 1 aliphatic heterocycles. The van der Waals surface area contributed by atoms with E-state index in [-0.39, 0.29) is 21.9 Å². The standard InChI is InChI=1S/C24H23ClN2O4/c1-4-11-27-21(17-13-26(2)19-8-6-5-7-15(17)19)20(23(29)24(27)30)22(28)16-12-14(31-3)9-10-18(16)25/h5-10,12-13,21,28H,4,11H2,1-3H3/b22-20+. The van der Waals surface area contributed by atoms with Gasteiger partial charge in [-0.25, -0.2) is 0 Å². The van der Waals surface area contributed by atoms with E-state index < -0.39 is 17.7 Å². The molecule has 1 N–H and O–H groups in total. The van der Waals surface area contributed by atoms with Gasteiger partial charge in [0.1, 0.15) is 11.5 Å². The molecule has 0 radical (unpaired) electrons. The highest BCUT2D eigenvalue weighted by molar-refractivity contribution is 6.47. The summed E-state index contributed by atoms with van der Waals surface area (Å²) >= 11 is 6.34. The molecule has 2 aromatic carbocycles. The fourth-order valence-electron chi connectivity index (χ4n) is 4.22. The lowest BCUT2D eigenvalue weighted by molar-refractivity contribution is -0.139. The van der Waals surface area contributed by atoms with Crippen LogP contribution in [0.25, 0.3) is 16.7 Å². The molecule has 1 saturated heterocycles. The number of ether oxygens (including phenoxy) is 1.